The molecule has 0 atom stereocenters. The molecule has 3 heteroatoms. The Kier molecular flexibility index (Phi) is 5.23. The van der Waals surface area contributed by atoms with Crippen LogP contribution < -0.4 is 15.2 Å². The molecule has 0 bridgehead atoms. The van der Waals surface area contributed by atoms with Crippen molar-refractivity contribution in [3.8, 4) is 11.5 Å². The molecule has 0 unspecified atom stereocenters. The van der Waals surface area contributed by atoms with E-state index in [1.54, 1.807) is 7.11 Å². The molecule has 21 heavy (non-hydrogen) atoms. The third-order valence-corrected chi connectivity index (χ3v) is 3.53. The van der Waals surface area contributed by atoms with Crippen molar-refractivity contribution in [1.29, 1.82) is 0 Å². The summed E-state index contributed by atoms with van der Waals surface area (Å²) in [5.74, 6) is 1.99. The van der Waals surface area contributed by atoms with Crippen LogP contribution in [-0.4, -0.2) is 7.11 Å². The van der Waals surface area contributed by atoms with E-state index in [1.807, 2.05) is 18.2 Å². The van der Waals surface area contributed by atoms with Crippen LogP contribution in [0.2, 0.25) is 0 Å². The van der Waals surface area contributed by atoms with E-state index in [-0.39, 0.29) is 0 Å². The molecule has 2 rings (SSSR count). The maximum atomic E-state index is 5.93. The van der Waals surface area contributed by atoms with Crippen LogP contribution in [0.3, 0.4) is 0 Å². The summed E-state index contributed by atoms with van der Waals surface area (Å²) >= 11 is 0. The van der Waals surface area contributed by atoms with Gasteiger partial charge in [0, 0.05) is 12.1 Å². The molecule has 3 nitrogen and oxygen atoms in total. The minimum absolute atomic E-state index is 0.429. The average Bonchev–Trinajstić information content (AvgIpc) is 2.52. The summed E-state index contributed by atoms with van der Waals surface area (Å²) < 4.78 is 11.3. The molecule has 0 aliphatic heterocycles. The van der Waals surface area contributed by atoms with Crippen LogP contribution in [0, 0.1) is 0 Å². The van der Waals surface area contributed by atoms with Gasteiger partial charge in [0.1, 0.15) is 6.61 Å². The number of hydrogen-bond donors (Lipinski definition) is 1. The number of ether oxygens (including phenoxy) is 2. The zero-order valence-electron chi connectivity index (χ0n) is 12.9. The van der Waals surface area contributed by atoms with E-state index in [1.165, 1.54) is 5.56 Å². The Morgan fingerprint density at radius 1 is 1.05 bits per heavy atom. The molecule has 0 saturated heterocycles. The Labute approximate surface area is 126 Å². The summed E-state index contributed by atoms with van der Waals surface area (Å²) in [5.41, 5.74) is 9.18. The van der Waals surface area contributed by atoms with Gasteiger partial charge in [-0.2, -0.15) is 0 Å². The van der Waals surface area contributed by atoms with Crippen molar-refractivity contribution < 1.29 is 9.47 Å². The quantitative estimate of drug-likeness (QED) is 0.876. The van der Waals surface area contributed by atoms with Gasteiger partial charge in [-0.05, 0) is 23.1 Å². The van der Waals surface area contributed by atoms with Crippen LogP contribution in [0.4, 0.5) is 0 Å². The summed E-state index contributed by atoms with van der Waals surface area (Å²) in [7, 11) is 1.64. The lowest BCUT2D eigenvalue weighted by atomic mass is 10.0. The summed E-state index contributed by atoms with van der Waals surface area (Å²) in [4.78, 5) is 0. The van der Waals surface area contributed by atoms with Gasteiger partial charge in [0.15, 0.2) is 11.5 Å². The molecule has 0 aliphatic carbocycles. The fraction of sp³-hybridized carbons (Fsp3) is 0.333. The first-order valence-electron chi connectivity index (χ1n) is 7.23. The van der Waals surface area contributed by atoms with Crippen LogP contribution in [-0.2, 0) is 13.2 Å². The number of hydrogen-bond acceptors (Lipinski definition) is 3. The van der Waals surface area contributed by atoms with Gasteiger partial charge < -0.3 is 15.2 Å². The molecule has 0 saturated carbocycles. The fourth-order valence-corrected chi connectivity index (χ4v) is 2.20. The zero-order valence-corrected chi connectivity index (χ0v) is 12.9. The molecule has 0 fully saturated rings. The first kappa shape index (κ1) is 15.4. The number of para-hydroxylation sites is 1. The molecular weight excluding hydrogens is 262 g/mol. The highest BCUT2D eigenvalue weighted by Gasteiger charge is 2.09. The standard InChI is InChI=1S/C18H23NO2/c1-13(2)15-9-7-14(8-10-15)12-21-18-16(11-19)5-4-6-17(18)20-3/h4-10,13H,11-12,19H2,1-3H3. The van der Waals surface area contributed by atoms with Gasteiger partial charge in [0.25, 0.3) is 0 Å². The van der Waals surface area contributed by atoms with Crippen LogP contribution in [0.25, 0.3) is 0 Å². The largest absolute Gasteiger partial charge is 0.493 e. The third kappa shape index (κ3) is 3.76. The Balaban J connectivity index is 2.12. The summed E-state index contributed by atoms with van der Waals surface area (Å²) in [6, 6.07) is 14.3. The van der Waals surface area contributed by atoms with Gasteiger partial charge >= 0.3 is 0 Å². The minimum atomic E-state index is 0.429. The molecule has 2 aromatic carbocycles. The Bertz CT molecular complexity index is 554. The van der Waals surface area contributed by atoms with Crippen LogP contribution in [0.1, 0.15) is 36.5 Å². The van der Waals surface area contributed by atoms with Gasteiger partial charge in [-0.3, -0.25) is 0 Å². The second-order valence-corrected chi connectivity index (χ2v) is 5.34. The van der Waals surface area contributed by atoms with Crippen molar-refractivity contribution >= 4 is 0 Å². The molecule has 0 aromatic heterocycles. The van der Waals surface area contributed by atoms with Crippen molar-refractivity contribution in [3.63, 3.8) is 0 Å². The predicted molar refractivity (Wildman–Crippen MR) is 85.7 cm³/mol. The summed E-state index contributed by atoms with van der Waals surface area (Å²) in [5, 5.41) is 0. The molecule has 112 valence electrons. The molecule has 2 N–H and O–H groups in total. The van der Waals surface area contributed by atoms with E-state index in [9.17, 15) is 0 Å². The first-order chi connectivity index (χ1) is 10.2. The van der Waals surface area contributed by atoms with E-state index in [2.05, 4.69) is 38.1 Å². The second-order valence-electron chi connectivity index (χ2n) is 5.34. The van der Waals surface area contributed by atoms with Crippen molar-refractivity contribution in [2.75, 3.05) is 7.11 Å². The molecule has 0 radical (unpaired) electrons. The number of methoxy groups -OCH3 is 1. The molecule has 2 aromatic rings. The third-order valence-electron chi connectivity index (χ3n) is 3.53. The fourth-order valence-electron chi connectivity index (χ4n) is 2.20. The summed E-state index contributed by atoms with van der Waals surface area (Å²) in [6.07, 6.45) is 0. The Morgan fingerprint density at radius 3 is 2.33 bits per heavy atom. The van der Waals surface area contributed by atoms with E-state index in [0.717, 1.165) is 22.6 Å². The van der Waals surface area contributed by atoms with Gasteiger partial charge in [-0.25, -0.2) is 0 Å². The maximum Gasteiger partial charge on any atom is 0.166 e. The minimum Gasteiger partial charge on any atom is -0.493 e. The van der Waals surface area contributed by atoms with E-state index < -0.39 is 0 Å². The molecule has 0 aliphatic rings. The van der Waals surface area contributed by atoms with E-state index in [0.29, 0.717) is 19.1 Å². The molecule has 0 spiro atoms. The molecule has 0 amide bonds. The molecule has 0 heterocycles. The van der Waals surface area contributed by atoms with Crippen LogP contribution in [0.15, 0.2) is 42.5 Å². The van der Waals surface area contributed by atoms with E-state index in [4.69, 9.17) is 15.2 Å². The zero-order chi connectivity index (χ0) is 15.2. The van der Waals surface area contributed by atoms with Gasteiger partial charge in [-0.1, -0.05) is 50.2 Å². The van der Waals surface area contributed by atoms with Crippen molar-refractivity contribution in [2.24, 2.45) is 5.73 Å². The highest BCUT2D eigenvalue weighted by Crippen LogP contribution is 2.31. The lowest BCUT2D eigenvalue weighted by Gasteiger charge is -2.14. The summed E-state index contributed by atoms with van der Waals surface area (Å²) in [6.45, 7) is 5.31. The van der Waals surface area contributed by atoms with Crippen molar-refractivity contribution in [1.82, 2.24) is 0 Å². The average molecular weight is 285 g/mol. The highest BCUT2D eigenvalue weighted by atomic mass is 16.5. The van der Waals surface area contributed by atoms with Crippen LogP contribution in [0.5, 0.6) is 11.5 Å². The Morgan fingerprint density at radius 2 is 1.76 bits per heavy atom. The van der Waals surface area contributed by atoms with Gasteiger partial charge in [0.05, 0.1) is 7.11 Å². The second kappa shape index (κ2) is 7.14. The predicted octanol–water partition coefficient (Wildman–Crippen LogP) is 3.86. The van der Waals surface area contributed by atoms with Crippen LogP contribution >= 0.6 is 0 Å². The lowest BCUT2D eigenvalue weighted by molar-refractivity contribution is 0.281. The smallest absolute Gasteiger partial charge is 0.166 e. The normalized spacial score (nSPS) is 10.7. The number of nitrogens with two attached hydrogens (primary N) is 1. The maximum absolute atomic E-state index is 5.93. The topological polar surface area (TPSA) is 44.5 Å². The SMILES string of the molecule is COc1cccc(CN)c1OCc1ccc(C(C)C)cc1. The van der Waals surface area contributed by atoms with Crippen molar-refractivity contribution in [3.05, 3.63) is 59.2 Å². The Hall–Kier alpha value is -2.00. The lowest BCUT2D eigenvalue weighted by Crippen LogP contribution is -2.04. The van der Waals surface area contributed by atoms with Crippen molar-refractivity contribution in [2.45, 2.75) is 32.9 Å². The highest BCUT2D eigenvalue weighted by molar-refractivity contribution is 5.46. The number of rotatable bonds is 6. The van der Waals surface area contributed by atoms with E-state index >= 15 is 0 Å². The monoisotopic (exact) mass is 285 g/mol. The van der Waals surface area contributed by atoms with Gasteiger partial charge in [0.2, 0.25) is 0 Å². The van der Waals surface area contributed by atoms with Gasteiger partial charge in [-0.15, -0.1) is 0 Å². The number of benzene rings is 2. The first-order valence-corrected chi connectivity index (χ1v) is 7.23. The molecular formula is C18H23NO2.